The highest BCUT2D eigenvalue weighted by atomic mass is 16.6. The van der Waals surface area contributed by atoms with E-state index in [1.807, 2.05) is 0 Å². The van der Waals surface area contributed by atoms with E-state index in [0.717, 1.165) is 30.1 Å². The van der Waals surface area contributed by atoms with Gasteiger partial charge in [0.2, 0.25) is 0 Å². The van der Waals surface area contributed by atoms with Crippen molar-refractivity contribution in [2.45, 2.75) is 137 Å². The van der Waals surface area contributed by atoms with Crippen LogP contribution in [0.25, 0.3) is 0 Å². The van der Waals surface area contributed by atoms with Crippen molar-refractivity contribution in [1.82, 2.24) is 0 Å². The molecular formula is C30H50O2. The van der Waals surface area contributed by atoms with Crippen LogP contribution in [0.15, 0.2) is 0 Å². The summed E-state index contributed by atoms with van der Waals surface area (Å²) < 4.78 is 5.91. The van der Waals surface area contributed by atoms with Gasteiger partial charge in [-0.15, -0.1) is 0 Å². The average Bonchev–Trinajstić information content (AvgIpc) is 3.53. The highest BCUT2D eigenvalue weighted by Crippen LogP contribution is 2.89. The van der Waals surface area contributed by atoms with Crippen molar-refractivity contribution in [2.24, 2.45) is 50.7 Å². The van der Waals surface area contributed by atoms with Gasteiger partial charge in [0.15, 0.2) is 0 Å². The normalized spacial score (nSPS) is 57.6. The lowest BCUT2D eigenvalue weighted by Gasteiger charge is -2.63. The second kappa shape index (κ2) is 6.37. The summed E-state index contributed by atoms with van der Waals surface area (Å²) in [6.07, 6.45) is 15.5. The lowest BCUT2D eigenvalue weighted by atomic mass is 9.41. The van der Waals surface area contributed by atoms with Gasteiger partial charge in [-0.3, -0.25) is 0 Å². The zero-order valence-electron chi connectivity index (χ0n) is 22.1. The Labute approximate surface area is 197 Å². The fraction of sp³-hybridized carbons (Fsp3) is 1.00. The molecule has 0 amide bonds. The third-order valence-corrected chi connectivity index (χ3v) is 13.9. The highest BCUT2D eigenvalue weighted by molar-refractivity contribution is 5.30. The number of hydrogen-bond donors (Lipinski definition) is 1. The van der Waals surface area contributed by atoms with Crippen LogP contribution in [0.3, 0.4) is 0 Å². The van der Waals surface area contributed by atoms with E-state index in [2.05, 4.69) is 48.5 Å². The van der Waals surface area contributed by atoms with Crippen molar-refractivity contribution in [3.63, 3.8) is 0 Å². The smallest absolute Gasteiger partial charge is 0.0892 e. The fourth-order valence-electron chi connectivity index (χ4n) is 11.7. The topological polar surface area (TPSA) is 32.8 Å². The van der Waals surface area contributed by atoms with E-state index < -0.39 is 0 Å². The number of aliphatic hydroxyl groups excluding tert-OH is 1. The van der Waals surface area contributed by atoms with Crippen LogP contribution in [0.2, 0.25) is 0 Å². The van der Waals surface area contributed by atoms with Crippen LogP contribution in [0.4, 0.5) is 0 Å². The van der Waals surface area contributed by atoms with Crippen LogP contribution in [0.1, 0.15) is 119 Å². The highest BCUT2D eigenvalue weighted by Gasteiger charge is 2.82. The van der Waals surface area contributed by atoms with Gasteiger partial charge in [0.05, 0.1) is 17.8 Å². The van der Waals surface area contributed by atoms with E-state index >= 15 is 0 Å². The maximum absolute atomic E-state index is 10.9. The Balaban J connectivity index is 1.24. The summed E-state index contributed by atoms with van der Waals surface area (Å²) in [6.45, 7) is 17.3. The molecule has 2 heteroatoms. The molecule has 4 unspecified atom stereocenters. The molecule has 1 N–H and O–H groups in total. The van der Waals surface area contributed by atoms with Crippen molar-refractivity contribution >= 4 is 0 Å². The molecule has 1 heterocycles. The molecule has 6 fully saturated rings. The molecule has 0 radical (unpaired) electrons. The molecule has 5 aliphatic carbocycles. The Morgan fingerprint density at radius 2 is 1.47 bits per heavy atom. The monoisotopic (exact) mass is 442 g/mol. The summed E-state index contributed by atoms with van der Waals surface area (Å²) in [4.78, 5) is 0. The molecule has 0 aromatic rings. The number of fused-ring (bicyclic) bond motifs is 2. The molecule has 6 aliphatic rings. The summed E-state index contributed by atoms with van der Waals surface area (Å²) in [5.41, 5.74) is 2.48. The lowest BCUT2D eigenvalue weighted by Crippen LogP contribution is -2.57. The van der Waals surface area contributed by atoms with Gasteiger partial charge in [-0.2, -0.15) is 0 Å². The first-order chi connectivity index (χ1) is 14.8. The van der Waals surface area contributed by atoms with Crippen LogP contribution < -0.4 is 0 Å². The summed E-state index contributed by atoms with van der Waals surface area (Å²) in [5.74, 6) is 3.40. The molecule has 2 nitrogen and oxygen atoms in total. The first-order valence-electron chi connectivity index (χ1n) is 14.2. The molecular weight excluding hydrogens is 392 g/mol. The van der Waals surface area contributed by atoms with E-state index in [1.54, 1.807) is 0 Å². The van der Waals surface area contributed by atoms with Crippen molar-refractivity contribution in [1.29, 1.82) is 0 Å². The number of epoxide rings is 1. The number of ether oxygens (including phenoxy) is 1. The standard InChI is InChI=1S/C30H50O2/c1-19(8-11-24-26(4,5)32-24)20-12-14-28(7)22-10-9-21-25(2,3)23(31)13-15-29(21)18-30(22,29)17-16-27(20,28)6/h19-24,31H,8-18H2,1-7H3/t19?,20?,21?,22?,23-,24+,27+,28-,29+,30-/m0/s1. The van der Waals surface area contributed by atoms with Crippen LogP contribution in [0, 0.1) is 50.7 Å². The summed E-state index contributed by atoms with van der Waals surface area (Å²) in [5, 5.41) is 10.9. The Morgan fingerprint density at radius 3 is 2.16 bits per heavy atom. The Bertz CT molecular complexity index is 801. The lowest BCUT2D eigenvalue weighted by molar-refractivity contribution is -0.161. The van der Waals surface area contributed by atoms with E-state index in [0.29, 0.717) is 27.8 Å². The fourth-order valence-corrected chi connectivity index (χ4v) is 11.7. The van der Waals surface area contributed by atoms with E-state index in [-0.39, 0.29) is 17.1 Å². The number of hydrogen-bond acceptors (Lipinski definition) is 2. The minimum Gasteiger partial charge on any atom is -0.393 e. The van der Waals surface area contributed by atoms with Gasteiger partial charge in [0.25, 0.3) is 0 Å². The predicted octanol–water partition coefficient (Wildman–Crippen LogP) is 7.38. The molecule has 1 saturated heterocycles. The summed E-state index contributed by atoms with van der Waals surface area (Å²) in [7, 11) is 0. The quantitative estimate of drug-likeness (QED) is 0.461. The third-order valence-electron chi connectivity index (χ3n) is 13.9. The molecule has 182 valence electrons. The van der Waals surface area contributed by atoms with Gasteiger partial charge in [-0.1, -0.05) is 34.6 Å². The van der Waals surface area contributed by atoms with Gasteiger partial charge in [-0.25, -0.2) is 0 Å². The zero-order valence-corrected chi connectivity index (χ0v) is 22.1. The Hall–Kier alpha value is -0.0800. The van der Waals surface area contributed by atoms with Crippen molar-refractivity contribution < 1.29 is 9.84 Å². The van der Waals surface area contributed by atoms with Crippen LogP contribution in [-0.4, -0.2) is 22.9 Å². The zero-order chi connectivity index (χ0) is 22.9. The maximum atomic E-state index is 10.9. The Morgan fingerprint density at radius 1 is 0.812 bits per heavy atom. The van der Waals surface area contributed by atoms with E-state index in [9.17, 15) is 5.11 Å². The molecule has 32 heavy (non-hydrogen) atoms. The SMILES string of the molecule is CC(CC[C@H]1OC1(C)C)C1CC[C@@]2(C)C3CCC4C(C)(C)[C@@H](O)CC[C@@]45C[C@@]35CC[C@]12C. The largest absolute Gasteiger partial charge is 0.393 e. The van der Waals surface area contributed by atoms with Gasteiger partial charge in [0, 0.05) is 0 Å². The second-order valence-corrected chi connectivity index (χ2v) is 15.3. The average molecular weight is 443 g/mol. The molecule has 0 bridgehead atoms. The molecule has 1 aliphatic heterocycles. The molecule has 6 rings (SSSR count). The van der Waals surface area contributed by atoms with Crippen LogP contribution in [0.5, 0.6) is 0 Å². The van der Waals surface area contributed by atoms with Gasteiger partial charge >= 0.3 is 0 Å². The summed E-state index contributed by atoms with van der Waals surface area (Å²) >= 11 is 0. The van der Waals surface area contributed by atoms with Crippen LogP contribution >= 0.6 is 0 Å². The molecule has 0 aromatic carbocycles. The minimum absolute atomic E-state index is 0.0890. The van der Waals surface area contributed by atoms with Crippen molar-refractivity contribution in [2.75, 3.05) is 0 Å². The summed E-state index contributed by atoms with van der Waals surface area (Å²) in [6, 6.07) is 0. The number of rotatable bonds is 4. The first-order valence-corrected chi connectivity index (χ1v) is 14.2. The van der Waals surface area contributed by atoms with Gasteiger partial charge in [-0.05, 0) is 135 Å². The van der Waals surface area contributed by atoms with Crippen molar-refractivity contribution in [3.05, 3.63) is 0 Å². The molecule has 0 aromatic heterocycles. The van der Waals surface area contributed by atoms with Gasteiger partial charge in [0.1, 0.15) is 0 Å². The first kappa shape index (κ1) is 22.4. The molecule has 2 spiro atoms. The maximum Gasteiger partial charge on any atom is 0.0892 e. The third kappa shape index (κ3) is 2.51. The van der Waals surface area contributed by atoms with Crippen LogP contribution in [-0.2, 0) is 4.74 Å². The Kier molecular flexibility index (Phi) is 4.46. The number of aliphatic hydroxyl groups is 1. The van der Waals surface area contributed by atoms with Crippen molar-refractivity contribution in [3.8, 4) is 0 Å². The second-order valence-electron chi connectivity index (χ2n) is 15.3. The molecule has 10 atom stereocenters. The van der Waals surface area contributed by atoms with Gasteiger partial charge < -0.3 is 9.84 Å². The minimum atomic E-state index is -0.0890. The predicted molar refractivity (Wildman–Crippen MR) is 130 cm³/mol. The van der Waals surface area contributed by atoms with E-state index in [1.165, 1.54) is 64.2 Å². The van der Waals surface area contributed by atoms with E-state index in [4.69, 9.17) is 4.74 Å². The molecule has 5 saturated carbocycles.